The summed E-state index contributed by atoms with van der Waals surface area (Å²) in [5, 5.41) is 3.70. The molecule has 5 nitrogen and oxygen atoms in total. The molecule has 0 spiro atoms. The Morgan fingerprint density at radius 3 is 2.78 bits per heavy atom. The Labute approximate surface area is 143 Å². The Hall–Kier alpha value is -1.72. The number of alkyl halides is 2. The molecule has 2 atom stereocenters. The maximum absolute atomic E-state index is 12.1. The molecule has 7 heteroatoms. The molecule has 0 aliphatic heterocycles. The van der Waals surface area contributed by atoms with Crippen LogP contribution in [0.15, 0.2) is 30.5 Å². The Bertz CT molecular complexity index is 757. The van der Waals surface area contributed by atoms with E-state index in [0.717, 1.165) is 16.5 Å². The fourth-order valence-electron chi connectivity index (χ4n) is 2.63. The van der Waals surface area contributed by atoms with Crippen LogP contribution in [-0.2, 0) is 20.7 Å². The van der Waals surface area contributed by atoms with E-state index in [0.29, 0.717) is 12.8 Å². The third kappa shape index (κ3) is 3.31. The molecular weight excluding hydrogens is 339 g/mol. The predicted octanol–water partition coefficient (Wildman–Crippen LogP) is 2.56. The van der Waals surface area contributed by atoms with E-state index < -0.39 is 22.3 Å². The highest BCUT2D eigenvalue weighted by atomic mass is 35.5. The highest BCUT2D eigenvalue weighted by Crippen LogP contribution is 2.53. The van der Waals surface area contributed by atoms with Gasteiger partial charge in [0.2, 0.25) is 5.91 Å². The number of hydrogen-bond acceptors (Lipinski definition) is 3. The van der Waals surface area contributed by atoms with Gasteiger partial charge in [-0.25, -0.2) is 4.79 Å². The lowest BCUT2D eigenvalue weighted by Gasteiger charge is -2.16. The number of aromatic nitrogens is 1. The topological polar surface area (TPSA) is 71.2 Å². The minimum atomic E-state index is -1.02. The maximum atomic E-state index is 12.1. The van der Waals surface area contributed by atoms with Crippen LogP contribution in [0.1, 0.15) is 12.0 Å². The fourth-order valence-corrected chi connectivity index (χ4v) is 3.13. The van der Waals surface area contributed by atoms with Crippen molar-refractivity contribution in [3.8, 4) is 0 Å². The first-order chi connectivity index (χ1) is 10.9. The summed E-state index contributed by atoms with van der Waals surface area (Å²) in [6, 6.07) is 6.97. The summed E-state index contributed by atoms with van der Waals surface area (Å²) in [4.78, 5) is 27.3. The van der Waals surface area contributed by atoms with Crippen LogP contribution < -0.4 is 5.32 Å². The van der Waals surface area contributed by atoms with Crippen molar-refractivity contribution in [1.29, 1.82) is 0 Å². The molecule has 0 saturated heterocycles. The van der Waals surface area contributed by atoms with Gasteiger partial charge in [-0.3, -0.25) is 4.79 Å². The van der Waals surface area contributed by atoms with Crippen molar-refractivity contribution in [3.05, 3.63) is 36.0 Å². The molecule has 23 heavy (non-hydrogen) atoms. The molecular formula is C16H16Cl2N2O3. The number of nitrogens with one attached hydrogen (secondary N) is 2. The number of esters is 1. The van der Waals surface area contributed by atoms with Crippen LogP contribution in [0.4, 0.5) is 0 Å². The Morgan fingerprint density at radius 2 is 2.13 bits per heavy atom. The van der Waals surface area contributed by atoms with Crippen LogP contribution in [-0.4, -0.2) is 34.3 Å². The first kappa shape index (κ1) is 16.1. The molecule has 1 amide bonds. The molecule has 1 saturated carbocycles. The van der Waals surface area contributed by atoms with E-state index in [-0.39, 0.29) is 5.91 Å². The van der Waals surface area contributed by atoms with Gasteiger partial charge >= 0.3 is 5.97 Å². The number of carbonyl (C=O) groups excluding carboxylic acids is 2. The number of amides is 1. The average molecular weight is 355 g/mol. The minimum absolute atomic E-state index is 0.326. The second-order valence-electron chi connectivity index (χ2n) is 5.67. The van der Waals surface area contributed by atoms with Crippen molar-refractivity contribution in [2.45, 2.75) is 23.2 Å². The molecule has 2 N–H and O–H groups in total. The minimum Gasteiger partial charge on any atom is -0.467 e. The summed E-state index contributed by atoms with van der Waals surface area (Å²) in [7, 11) is 1.29. The van der Waals surface area contributed by atoms with Crippen LogP contribution in [0, 0.1) is 5.92 Å². The maximum Gasteiger partial charge on any atom is 0.328 e. The van der Waals surface area contributed by atoms with Gasteiger partial charge in [-0.2, -0.15) is 0 Å². The third-order valence-corrected chi connectivity index (χ3v) is 4.88. The van der Waals surface area contributed by atoms with Gasteiger partial charge in [0.15, 0.2) is 0 Å². The van der Waals surface area contributed by atoms with Crippen molar-refractivity contribution >= 4 is 46.0 Å². The predicted molar refractivity (Wildman–Crippen MR) is 88.5 cm³/mol. The smallest absolute Gasteiger partial charge is 0.328 e. The monoisotopic (exact) mass is 354 g/mol. The molecule has 1 fully saturated rings. The summed E-state index contributed by atoms with van der Waals surface area (Å²) < 4.78 is 3.77. The molecule has 1 heterocycles. The van der Waals surface area contributed by atoms with E-state index >= 15 is 0 Å². The number of methoxy groups -OCH3 is 1. The van der Waals surface area contributed by atoms with Gasteiger partial charge in [-0.15, -0.1) is 23.2 Å². The van der Waals surface area contributed by atoms with Crippen molar-refractivity contribution < 1.29 is 14.3 Å². The molecule has 2 unspecified atom stereocenters. The average Bonchev–Trinajstić information content (AvgIpc) is 3.00. The Morgan fingerprint density at radius 1 is 1.43 bits per heavy atom. The summed E-state index contributed by atoms with van der Waals surface area (Å²) in [5.41, 5.74) is 1.90. The SMILES string of the molecule is COC(=O)C(Cc1c[nH]c2ccccc12)NC(=O)C1CC1(Cl)Cl. The number of ether oxygens (including phenoxy) is 1. The van der Waals surface area contributed by atoms with Gasteiger partial charge in [0.25, 0.3) is 0 Å². The summed E-state index contributed by atoms with van der Waals surface area (Å²) in [6.45, 7) is 0. The number of fused-ring (bicyclic) bond motifs is 1. The number of para-hydroxylation sites is 1. The van der Waals surface area contributed by atoms with Crippen LogP contribution in [0.5, 0.6) is 0 Å². The van der Waals surface area contributed by atoms with E-state index in [1.165, 1.54) is 7.11 Å². The normalized spacial score (nSPS) is 20.0. The number of aromatic amines is 1. The molecule has 1 aliphatic rings. The van der Waals surface area contributed by atoms with E-state index in [9.17, 15) is 9.59 Å². The zero-order chi connectivity index (χ0) is 16.6. The molecule has 1 aromatic heterocycles. The lowest BCUT2D eigenvalue weighted by Crippen LogP contribution is -2.44. The van der Waals surface area contributed by atoms with E-state index in [2.05, 4.69) is 10.3 Å². The molecule has 122 valence electrons. The fraction of sp³-hybridized carbons (Fsp3) is 0.375. The van der Waals surface area contributed by atoms with Gasteiger partial charge in [0.05, 0.1) is 13.0 Å². The Kier molecular flexibility index (Phi) is 4.25. The summed E-state index contributed by atoms with van der Waals surface area (Å²) in [6.07, 6.45) is 2.55. The van der Waals surface area contributed by atoms with Gasteiger partial charge in [0.1, 0.15) is 10.4 Å². The lowest BCUT2D eigenvalue weighted by atomic mass is 10.0. The van der Waals surface area contributed by atoms with Crippen molar-refractivity contribution in [3.63, 3.8) is 0 Å². The van der Waals surface area contributed by atoms with Crippen molar-refractivity contribution in [2.75, 3.05) is 7.11 Å². The largest absolute Gasteiger partial charge is 0.467 e. The molecule has 3 rings (SSSR count). The molecule has 1 aliphatic carbocycles. The van der Waals surface area contributed by atoms with Crippen molar-refractivity contribution in [2.24, 2.45) is 5.92 Å². The molecule has 2 aromatic rings. The zero-order valence-corrected chi connectivity index (χ0v) is 13.9. The first-order valence-electron chi connectivity index (χ1n) is 7.23. The molecule has 0 bridgehead atoms. The Balaban J connectivity index is 1.77. The van der Waals surface area contributed by atoms with Crippen LogP contribution >= 0.6 is 23.2 Å². The highest BCUT2D eigenvalue weighted by Gasteiger charge is 2.56. The number of halogens is 2. The van der Waals surface area contributed by atoms with E-state index in [1.807, 2.05) is 30.5 Å². The highest BCUT2D eigenvalue weighted by molar-refractivity contribution is 6.52. The number of rotatable bonds is 5. The van der Waals surface area contributed by atoms with Crippen LogP contribution in [0.2, 0.25) is 0 Å². The second kappa shape index (κ2) is 6.06. The first-order valence-corrected chi connectivity index (χ1v) is 7.99. The standard InChI is InChI=1S/C16H16Cl2N2O3/c1-23-15(22)13(20-14(21)11-7-16(11,17)18)6-9-8-19-12-5-3-2-4-10(9)12/h2-5,8,11,13,19H,6-7H2,1H3,(H,20,21). The van der Waals surface area contributed by atoms with Crippen molar-refractivity contribution in [1.82, 2.24) is 10.3 Å². The van der Waals surface area contributed by atoms with Crippen LogP contribution in [0.25, 0.3) is 10.9 Å². The second-order valence-corrected chi connectivity index (χ2v) is 7.21. The number of H-pyrrole nitrogens is 1. The van der Waals surface area contributed by atoms with Gasteiger partial charge in [0, 0.05) is 23.5 Å². The van der Waals surface area contributed by atoms with Crippen LogP contribution in [0.3, 0.4) is 0 Å². The van der Waals surface area contributed by atoms with E-state index in [4.69, 9.17) is 27.9 Å². The summed E-state index contributed by atoms with van der Waals surface area (Å²) >= 11 is 11.8. The molecule has 1 aromatic carbocycles. The quantitative estimate of drug-likeness (QED) is 0.640. The number of benzene rings is 1. The number of hydrogen-bond donors (Lipinski definition) is 2. The van der Waals surface area contributed by atoms with E-state index in [1.54, 1.807) is 0 Å². The molecule has 0 radical (unpaired) electrons. The third-order valence-electron chi connectivity index (χ3n) is 4.04. The zero-order valence-electron chi connectivity index (χ0n) is 12.4. The number of carbonyl (C=O) groups is 2. The van der Waals surface area contributed by atoms with Gasteiger partial charge in [-0.1, -0.05) is 18.2 Å². The lowest BCUT2D eigenvalue weighted by molar-refractivity contribution is -0.145. The van der Waals surface area contributed by atoms with Gasteiger partial charge < -0.3 is 15.0 Å². The summed E-state index contributed by atoms with van der Waals surface area (Å²) in [5.74, 6) is -1.31. The van der Waals surface area contributed by atoms with Gasteiger partial charge in [-0.05, 0) is 18.1 Å².